The molecule has 2 atom stereocenters. The Morgan fingerprint density at radius 2 is 1.63 bits per heavy atom. The first-order chi connectivity index (χ1) is 17.9. The molecule has 0 fully saturated rings. The van der Waals surface area contributed by atoms with Crippen molar-refractivity contribution in [2.45, 2.75) is 130 Å². The van der Waals surface area contributed by atoms with Gasteiger partial charge in [-0.1, -0.05) is 80.4 Å². The van der Waals surface area contributed by atoms with Crippen LogP contribution >= 0.6 is 0 Å². The van der Waals surface area contributed by atoms with Crippen molar-refractivity contribution >= 4 is 11.8 Å². The molecule has 38 heavy (non-hydrogen) atoms. The van der Waals surface area contributed by atoms with Crippen LogP contribution in [0.4, 0.5) is 0 Å². The highest BCUT2D eigenvalue weighted by Crippen LogP contribution is 2.38. The Morgan fingerprint density at radius 3 is 2.24 bits per heavy atom. The number of nitrogens with two attached hydrogens (primary N) is 1. The maximum Gasteiger partial charge on any atom is 0.242 e. The van der Waals surface area contributed by atoms with Gasteiger partial charge in [0.1, 0.15) is 11.8 Å². The number of carbonyl (C=O) groups excluding carboxylic acids is 2. The molecule has 6 nitrogen and oxygen atoms in total. The molecule has 0 spiro atoms. The fraction of sp³-hybridized carbons (Fsp3) is 0.750. The van der Waals surface area contributed by atoms with Gasteiger partial charge in [0, 0.05) is 18.5 Å². The van der Waals surface area contributed by atoms with Crippen LogP contribution in [0.3, 0.4) is 0 Å². The van der Waals surface area contributed by atoms with Crippen LogP contribution in [-0.4, -0.2) is 37.6 Å². The standard InChI is InChI=1S/C32H57N3O3/c1-9-24(4)29(35-28(36)17-13-12-14-20-33)30(37)34-21-15-16-22-38-27-19-18-25(31(5,6)10-2)23-26(27)32(7,8)11-3/h18-19,23-24,29H,9-17,20-22,33H2,1-8H3,(H,34,37)(H,35,36). The van der Waals surface area contributed by atoms with E-state index < -0.39 is 6.04 Å². The molecular weight excluding hydrogens is 474 g/mol. The van der Waals surface area contributed by atoms with Gasteiger partial charge in [-0.05, 0) is 73.4 Å². The molecular formula is C32H57N3O3. The lowest BCUT2D eigenvalue weighted by atomic mass is 9.76. The zero-order valence-corrected chi connectivity index (χ0v) is 25.7. The molecule has 6 heteroatoms. The Labute approximate surface area is 233 Å². The number of rotatable bonds is 19. The summed E-state index contributed by atoms with van der Waals surface area (Å²) in [4.78, 5) is 25.2. The molecule has 1 rings (SSSR count). The number of carbonyl (C=O) groups is 2. The third-order valence-corrected chi connectivity index (χ3v) is 8.31. The summed E-state index contributed by atoms with van der Waals surface area (Å²) < 4.78 is 6.27. The summed E-state index contributed by atoms with van der Waals surface area (Å²) in [5.74, 6) is 0.876. The minimum Gasteiger partial charge on any atom is -0.493 e. The molecule has 1 aromatic carbocycles. The molecule has 4 N–H and O–H groups in total. The molecule has 0 aliphatic carbocycles. The molecule has 0 bridgehead atoms. The number of benzene rings is 1. The minimum atomic E-state index is -0.497. The van der Waals surface area contributed by atoms with E-state index in [1.54, 1.807) is 0 Å². The Balaban J connectivity index is 2.62. The Hall–Kier alpha value is -2.08. The van der Waals surface area contributed by atoms with Crippen molar-refractivity contribution in [3.05, 3.63) is 29.3 Å². The van der Waals surface area contributed by atoms with Crippen LogP contribution in [0.15, 0.2) is 18.2 Å². The molecule has 218 valence electrons. The van der Waals surface area contributed by atoms with Crippen LogP contribution in [0.25, 0.3) is 0 Å². The summed E-state index contributed by atoms with van der Waals surface area (Å²) in [5, 5.41) is 5.98. The summed E-state index contributed by atoms with van der Waals surface area (Å²) in [6, 6.07) is 6.18. The normalized spacial score (nSPS) is 13.6. The van der Waals surface area contributed by atoms with Crippen molar-refractivity contribution in [1.29, 1.82) is 0 Å². The largest absolute Gasteiger partial charge is 0.493 e. The molecule has 0 saturated carbocycles. The molecule has 0 aliphatic heterocycles. The van der Waals surface area contributed by atoms with Crippen molar-refractivity contribution in [1.82, 2.24) is 10.6 Å². The van der Waals surface area contributed by atoms with E-state index in [-0.39, 0.29) is 28.6 Å². The lowest BCUT2D eigenvalue weighted by Crippen LogP contribution is -2.50. The third-order valence-electron chi connectivity index (χ3n) is 8.31. The van der Waals surface area contributed by atoms with Crippen LogP contribution in [-0.2, 0) is 20.4 Å². The maximum atomic E-state index is 12.9. The van der Waals surface area contributed by atoms with E-state index in [9.17, 15) is 9.59 Å². The van der Waals surface area contributed by atoms with E-state index >= 15 is 0 Å². The number of hydrogen-bond donors (Lipinski definition) is 3. The van der Waals surface area contributed by atoms with E-state index in [0.717, 1.165) is 57.1 Å². The summed E-state index contributed by atoms with van der Waals surface area (Å²) in [5.41, 5.74) is 8.30. The fourth-order valence-electron chi connectivity index (χ4n) is 4.29. The molecule has 2 unspecified atom stereocenters. The second-order valence-corrected chi connectivity index (χ2v) is 12.1. The first kappa shape index (κ1) is 33.9. The molecule has 0 aliphatic rings. The van der Waals surface area contributed by atoms with Gasteiger partial charge in [0.15, 0.2) is 0 Å². The first-order valence-corrected chi connectivity index (χ1v) is 15.0. The number of hydrogen-bond acceptors (Lipinski definition) is 4. The highest BCUT2D eigenvalue weighted by atomic mass is 16.5. The van der Waals surface area contributed by atoms with Crippen molar-refractivity contribution in [3.8, 4) is 5.75 Å². The zero-order chi connectivity index (χ0) is 28.8. The predicted molar refractivity (Wildman–Crippen MR) is 160 cm³/mol. The van der Waals surface area contributed by atoms with Crippen molar-refractivity contribution in [3.63, 3.8) is 0 Å². The Kier molecular flexibility index (Phi) is 15.0. The Bertz CT molecular complexity index is 850. The highest BCUT2D eigenvalue weighted by molar-refractivity contribution is 5.87. The third kappa shape index (κ3) is 11.0. The Morgan fingerprint density at radius 1 is 0.947 bits per heavy atom. The first-order valence-electron chi connectivity index (χ1n) is 15.0. The number of unbranched alkanes of at least 4 members (excludes halogenated alkanes) is 3. The number of nitrogens with one attached hydrogen (secondary N) is 2. The van der Waals surface area contributed by atoms with Crippen LogP contribution < -0.4 is 21.1 Å². The molecule has 0 radical (unpaired) electrons. The zero-order valence-electron chi connectivity index (χ0n) is 25.7. The van der Waals surface area contributed by atoms with Crippen LogP contribution in [0, 0.1) is 5.92 Å². The topological polar surface area (TPSA) is 93.5 Å². The van der Waals surface area contributed by atoms with Gasteiger partial charge >= 0.3 is 0 Å². The quantitative estimate of drug-likeness (QED) is 0.180. The van der Waals surface area contributed by atoms with Gasteiger partial charge in [-0.2, -0.15) is 0 Å². The predicted octanol–water partition coefficient (Wildman–Crippen LogP) is 6.39. The maximum absolute atomic E-state index is 12.9. The van der Waals surface area contributed by atoms with Crippen LogP contribution in [0.1, 0.15) is 124 Å². The number of ether oxygens (including phenoxy) is 1. The second-order valence-electron chi connectivity index (χ2n) is 12.1. The van der Waals surface area contributed by atoms with Gasteiger partial charge in [-0.3, -0.25) is 9.59 Å². The van der Waals surface area contributed by atoms with Crippen LogP contribution in [0.5, 0.6) is 5.75 Å². The van der Waals surface area contributed by atoms with Gasteiger partial charge in [-0.25, -0.2) is 0 Å². The molecule has 2 amide bonds. The van der Waals surface area contributed by atoms with E-state index in [2.05, 4.69) is 70.4 Å². The van der Waals surface area contributed by atoms with Crippen molar-refractivity contribution < 1.29 is 14.3 Å². The summed E-state index contributed by atoms with van der Waals surface area (Å²) >= 11 is 0. The molecule has 0 aromatic heterocycles. The second kappa shape index (κ2) is 16.8. The van der Waals surface area contributed by atoms with Gasteiger partial charge in [0.2, 0.25) is 11.8 Å². The van der Waals surface area contributed by atoms with Gasteiger partial charge in [0.05, 0.1) is 6.61 Å². The molecule has 0 heterocycles. The molecule has 1 aromatic rings. The smallest absolute Gasteiger partial charge is 0.242 e. The highest BCUT2D eigenvalue weighted by Gasteiger charge is 2.27. The summed E-state index contributed by atoms with van der Waals surface area (Å²) in [7, 11) is 0. The minimum absolute atomic E-state index is 0.0307. The van der Waals surface area contributed by atoms with Crippen molar-refractivity contribution in [2.75, 3.05) is 19.7 Å². The van der Waals surface area contributed by atoms with Crippen LogP contribution in [0.2, 0.25) is 0 Å². The van der Waals surface area contributed by atoms with Gasteiger partial charge in [0.25, 0.3) is 0 Å². The average Bonchev–Trinajstić information content (AvgIpc) is 2.90. The van der Waals surface area contributed by atoms with Crippen molar-refractivity contribution in [2.24, 2.45) is 11.7 Å². The van der Waals surface area contributed by atoms with E-state index in [1.165, 1.54) is 11.1 Å². The average molecular weight is 532 g/mol. The monoisotopic (exact) mass is 531 g/mol. The summed E-state index contributed by atoms with van der Waals surface area (Å²) in [6.07, 6.45) is 7.70. The van der Waals surface area contributed by atoms with Gasteiger partial charge in [-0.15, -0.1) is 0 Å². The SMILES string of the molecule is CCC(C)C(NC(=O)CCCCCN)C(=O)NCCCCOc1ccc(C(C)(C)CC)cc1C(C)(C)CC. The number of amides is 2. The van der Waals surface area contributed by atoms with E-state index in [1.807, 2.05) is 13.8 Å². The summed E-state index contributed by atoms with van der Waals surface area (Å²) in [6.45, 7) is 19.5. The van der Waals surface area contributed by atoms with Gasteiger partial charge < -0.3 is 21.1 Å². The lowest BCUT2D eigenvalue weighted by molar-refractivity contribution is -0.130. The lowest BCUT2D eigenvalue weighted by Gasteiger charge is -2.30. The molecule has 0 saturated heterocycles. The fourth-order valence-corrected chi connectivity index (χ4v) is 4.29. The van der Waals surface area contributed by atoms with E-state index in [4.69, 9.17) is 10.5 Å². The van der Waals surface area contributed by atoms with E-state index in [0.29, 0.717) is 26.1 Å².